The van der Waals surface area contributed by atoms with E-state index < -0.39 is 0 Å². The summed E-state index contributed by atoms with van der Waals surface area (Å²) in [6, 6.07) is 28.4. The van der Waals surface area contributed by atoms with Crippen LogP contribution in [-0.4, -0.2) is 9.55 Å². The number of benzene rings is 4. The zero-order valence-corrected chi connectivity index (χ0v) is 17.4. The first-order valence-corrected chi connectivity index (χ1v) is 10.6. The van der Waals surface area contributed by atoms with Gasteiger partial charge in [-0.2, -0.15) is 0 Å². The maximum absolute atomic E-state index is 5.47. The number of fused-ring (bicyclic) bond motifs is 8. The number of hydrogen-bond donors (Lipinski definition) is 0. The first kappa shape index (κ1) is 16.9. The van der Waals surface area contributed by atoms with E-state index in [1.54, 1.807) is 0 Å². The summed E-state index contributed by atoms with van der Waals surface area (Å²) in [5, 5.41) is 2.61. The maximum Gasteiger partial charge on any atom is 0.181 e. The van der Waals surface area contributed by atoms with Gasteiger partial charge in [0, 0.05) is 21.9 Å². The Morgan fingerprint density at radius 2 is 1.65 bits per heavy atom. The maximum atomic E-state index is 5.47. The van der Waals surface area contributed by atoms with Gasteiger partial charge in [0.25, 0.3) is 0 Å². The van der Waals surface area contributed by atoms with Crippen LogP contribution < -0.4 is 0 Å². The molecular weight excluding hydrogens is 380 g/mol. The van der Waals surface area contributed by atoms with Gasteiger partial charge in [-0.1, -0.05) is 62.4 Å². The average Bonchev–Trinajstić information content (AvgIpc) is 3.45. The first-order chi connectivity index (χ1) is 15.1. The molecule has 0 spiro atoms. The van der Waals surface area contributed by atoms with E-state index in [1.165, 1.54) is 50.5 Å². The average molecular weight is 400 g/mol. The number of nitrogens with zero attached hydrogens (tertiary/aromatic N) is 2. The Morgan fingerprint density at radius 3 is 2.58 bits per heavy atom. The van der Waals surface area contributed by atoms with Gasteiger partial charge >= 0.3 is 0 Å². The van der Waals surface area contributed by atoms with Gasteiger partial charge in [-0.25, -0.2) is 4.98 Å². The lowest BCUT2D eigenvalue weighted by Gasteiger charge is -2.21. The number of oxazole rings is 1. The third-order valence-corrected chi connectivity index (χ3v) is 6.95. The van der Waals surface area contributed by atoms with E-state index in [9.17, 15) is 0 Å². The highest BCUT2D eigenvalue weighted by Crippen LogP contribution is 2.53. The van der Waals surface area contributed by atoms with Crippen LogP contribution in [0.5, 0.6) is 0 Å². The van der Waals surface area contributed by atoms with Crippen LogP contribution in [0.2, 0.25) is 0 Å². The van der Waals surface area contributed by atoms with Gasteiger partial charge in [-0.15, -0.1) is 0 Å². The molecule has 0 saturated heterocycles. The Bertz CT molecular complexity index is 1670. The summed E-state index contributed by atoms with van der Waals surface area (Å²) in [6.07, 6.45) is 1.51. The van der Waals surface area contributed by atoms with Gasteiger partial charge in [0.1, 0.15) is 5.52 Å². The largest absolute Gasteiger partial charge is 0.443 e. The monoisotopic (exact) mass is 400 g/mol. The van der Waals surface area contributed by atoms with Gasteiger partial charge in [-0.3, -0.25) is 0 Å². The molecule has 3 heteroatoms. The molecule has 0 fully saturated rings. The molecule has 3 nitrogen and oxygen atoms in total. The van der Waals surface area contributed by atoms with Crippen molar-refractivity contribution >= 4 is 32.9 Å². The SMILES string of the molecule is CC1(C)c2ccccc2-c2c1ccc1c2c2ccccc2n1-c1ccc2ocnc2c1. The minimum absolute atomic E-state index is 0.0110. The van der Waals surface area contributed by atoms with Crippen molar-refractivity contribution in [3.05, 3.63) is 96.4 Å². The Kier molecular flexibility index (Phi) is 3.07. The van der Waals surface area contributed by atoms with E-state index in [2.05, 4.69) is 96.2 Å². The fourth-order valence-corrected chi connectivity index (χ4v) is 5.52. The summed E-state index contributed by atoms with van der Waals surface area (Å²) < 4.78 is 7.82. The van der Waals surface area contributed by atoms with E-state index >= 15 is 0 Å². The molecule has 0 aliphatic heterocycles. The topological polar surface area (TPSA) is 31.0 Å². The molecule has 148 valence electrons. The van der Waals surface area contributed by atoms with Crippen LogP contribution in [0.25, 0.3) is 49.7 Å². The smallest absolute Gasteiger partial charge is 0.181 e. The molecule has 6 aromatic rings. The van der Waals surface area contributed by atoms with Crippen molar-refractivity contribution in [2.45, 2.75) is 19.3 Å². The standard InChI is InChI=1S/C28H20N2O/c1-28(2)20-9-5-3-7-18(20)26-21(28)12-13-24-27(26)19-8-4-6-10-23(19)30(24)17-11-14-25-22(15-17)29-16-31-25/h3-16H,1-2H3. The molecule has 7 rings (SSSR count). The lowest BCUT2D eigenvalue weighted by molar-refractivity contribution is 0.602. The van der Waals surface area contributed by atoms with Crippen LogP contribution in [0.4, 0.5) is 0 Å². The van der Waals surface area contributed by atoms with Gasteiger partial charge in [0.05, 0.1) is 11.0 Å². The molecule has 0 bridgehead atoms. The Morgan fingerprint density at radius 1 is 0.806 bits per heavy atom. The third-order valence-electron chi connectivity index (χ3n) is 6.95. The van der Waals surface area contributed by atoms with Crippen molar-refractivity contribution in [3.63, 3.8) is 0 Å². The van der Waals surface area contributed by atoms with Gasteiger partial charge < -0.3 is 8.98 Å². The van der Waals surface area contributed by atoms with Crippen LogP contribution in [-0.2, 0) is 5.41 Å². The van der Waals surface area contributed by atoms with Gasteiger partial charge in [0.15, 0.2) is 12.0 Å². The van der Waals surface area contributed by atoms with Crippen molar-refractivity contribution in [2.24, 2.45) is 0 Å². The molecule has 1 aliphatic carbocycles. The van der Waals surface area contributed by atoms with Crippen LogP contribution >= 0.6 is 0 Å². The van der Waals surface area contributed by atoms with Crippen molar-refractivity contribution in [3.8, 4) is 16.8 Å². The summed E-state index contributed by atoms with van der Waals surface area (Å²) in [4.78, 5) is 4.38. The Hall–Kier alpha value is -3.85. The minimum Gasteiger partial charge on any atom is -0.443 e. The van der Waals surface area contributed by atoms with Crippen LogP contribution in [0.15, 0.2) is 89.7 Å². The number of para-hydroxylation sites is 1. The van der Waals surface area contributed by atoms with E-state index in [4.69, 9.17) is 4.42 Å². The van der Waals surface area contributed by atoms with Crippen LogP contribution in [0, 0.1) is 0 Å². The predicted octanol–water partition coefficient (Wildman–Crippen LogP) is 7.23. The number of hydrogen-bond acceptors (Lipinski definition) is 2. The lowest BCUT2D eigenvalue weighted by Crippen LogP contribution is -2.14. The zero-order valence-electron chi connectivity index (χ0n) is 17.4. The number of rotatable bonds is 1. The van der Waals surface area contributed by atoms with Gasteiger partial charge in [-0.05, 0) is 52.6 Å². The fourth-order valence-electron chi connectivity index (χ4n) is 5.52. The summed E-state index contributed by atoms with van der Waals surface area (Å²) in [6.45, 7) is 4.67. The second-order valence-electron chi connectivity index (χ2n) is 8.91. The molecule has 31 heavy (non-hydrogen) atoms. The minimum atomic E-state index is -0.0110. The van der Waals surface area contributed by atoms with Crippen molar-refractivity contribution in [1.29, 1.82) is 0 Å². The van der Waals surface area contributed by atoms with Crippen molar-refractivity contribution in [1.82, 2.24) is 9.55 Å². The van der Waals surface area contributed by atoms with Crippen molar-refractivity contribution in [2.75, 3.05) is 0 Å². The first-order valence-electron chi connectivity index (χ1n) is 10.6. The molecular formula is C28H20N2O. The molecule has 4 aromatic carbocycles. The van der Waals surface area contributed by atoms with Crippen LogP contribution in [0.3, 0.4) is 0 Å². The quantitative estimate of drug-likeness (QED) is 0.291. The molecule has 0 unspecified atom stereocenters. The molecule has 1 aliphatic rings. The highest BCUT2D eigenvalue weighted by molar-refractivity contribution is 6.17. The second kappa shape index (κ2) is 5.64. The molecule has 2 aromatic heterocycles. The van der Waals surface area contributed by atoms with Gasteiger partial charge in [0.2, 0.25) is 0 Å². The molecule has 0 radical (unpaired) electrons. The Labute approximate surface area is 179 Å². The summed E-state index contributed by atoms with van der Waals surface area (Å²) >= 11 is 0. The normalized spacial score (nSPS) is 14.4. The van der Waals surface area contributed by atoms with E-state index in [0.29, 0.717) is 0 Å². The summed E-state index contributed by atoms with van der Waals surface area (Å²) in [5.41, 5.74) is 10.7. The highest BCUT2D eigenvalue weighted by atomic mass is 16.3. The van der Waals surface area contributed by atoms with E-state index in [0.717, 1.165) is 16.8 Å². The second-order valence-corrected chi connectivity index (χ2v) is 8.91. The summed E-state index contributed by atoms with van der Waals surface area (Å²) in [7, 11) is 0. The third kappa shape index (κ3) is 2.05. The predicted molar refractivity (Wildman–Crippen MR) is 126 cm³/mol. The molecule has 0 N–H and O–H groups in total. The molecule has 2 heterocycles. The van der Waals surface area contributed by atoms with E-state index in [-0.39, 0.29) is 5.41 Å². The zero-order chi connectivity index (χ0) is 20.7. The van der Waals surface area contributed by atoms with Crippen molar-refractivity contribution < 1.29 is 4.42 Å². The number of aromatic nitrogens is 2. The molecule has 0 atom stereocenters. The highest BCUT2D eigenvalue weighted by Gasteiger charge is 2.37. The fraction of sp³-hybridized carbons (Fsp3) is 0.107. The molecule has 0 saturated carbocycles. The van der Waals surface area contributed by atoms with Crippen LogP contribution in [0.1, 0.15) is 25.0 Å². The summed E-state index contributed by atoms with van der Waals surface area (Å²) in [5.74, 6) is 0. The molecule has 0 amide bonds. The Balaban J connectivity index is 1.67. The van der Waals surface area contributed by atoms with E-state index in [1.807, 2.05) is 6.07 Å². The lowest BCUT2D eigenvalue weighted by atomic mass is 9.82.